The minimum Gasteiger partial charge on any atom is -0.322 e. The first-order valence-electron chi connectivity index (χ1n) is 11.3. The van der Waals surface area contributed by atoms with E-state index in [-0.39, 0.29) is 5.91 Å². The van der Waals surface area contributed by atoms with Gasteiger partial charge in [0.15, 0.2) is 0 Å². The summed E-state index contributed by atoms with van der Waals surface area (Å²) >= 11 is 3.40. The molecule has 0 saturated carbocycles. The summed E-state index contributed by atoms with van der Waals surface area (Å²) in [5.41, 5.74) is 2.48. The molecule has 0 spiro atoms. The molecule has 0 aliphatic carbocycles. The molecule has 0 radical (unpaired) electrons. The molecular weight excluding hydrogens is 498 g/mol. The fourth-order valence-electron chi connectivity index (χ4n) is 3.29. The quantitative estimate of drug-likeness (QED) is 0.322. The number of tetrazole rings is 2. The van der Waals surface area contributed by atoms with Crippen LogP contribution in [0.2, 0.25) is 0 Å². The molecule has 0 atom stereocenters. The Labute approximate surface area is 205 Å². The van der Waals surface area contributed by atoms with Gasteiger partial charge in [0.25, 0.3) is 5.91 Å². The van der Waals surface area contributed by atoms with E-state index < -0.39 is 0 Å². The van der Waals surface area contributed by atoms with Gasteiger partial charge in [0.2, 0.25) is 11.6 Å². The third kappa shape index (κ3) is 5.71. The summed E-state index contributed by atoms with van der Waals surface area (Å²) in [6, 6.07) is 12.7. The number of benzene rings is 2. The average molecular weight is 524 g/mol. The molecule has 2 aromatic heterocycles. The van der Waals surface area contributed by atoms with Gasteiger partial charge in [0, 0.05) is 26.9 Å². The van der Waals surface area contributed by atoms with Crippen LogP contribution in [0.15, 0.2) is 46.9 Å². The SMILES string of the molecule is CCCCn1nnc(-c2ccc(C(=O)Nc3ccc(Br)cc3)cc2-c2nnn(CCCC)n2)n1. The highest BCUT2D eigenvalue weighted by Gasteiger charge is 2.19. The molecule has 0 saturated heterocycles. The number of rotatable bonds is 10. The summed E-state index contributed by atoms with van der Waals surface area (Å²) in [5, 5.41) is 28.8. The zero-order valence-electron chi connectivity index (χ0n) is 19.1. The van der Waals surface area contributed by atoms with Crippen LogP contribution in [0.4, 0.5) is 5.69 Å². The lowest BCUT2D eigenvalue weighted by Crippen LogP contribution is -2.12. The molecule has 1 amide bonds. The predicted octanol–water partition coefficient (Wildman–Crippen LogP) is 4.61. The van der Waals surface area contributed by atoms with Crippen molar-refractivity contribution >= 4 is 27.5 Å². The number of aryl methyl sites for hydroxylation is 2. The molecule has 11 heteroatoms. The van der Waals surface area contributed by atoms with E-state index in [9.17, 15) is 4.79 Å². The van der Waals surface area contributed by atoms with Gasteiger partial charge in [-0.25, -0.2) is 0 Å². The maximum absolute atomic E-state index is 13.0. The number of carbonyl (C=O) groups is 1. The van der Waals surface area contributed by atoms with E-state index in [1.165, 1.54) is 0 Å². The van der Waals surface area contributed by atoms with Crippen molar-refractivity contribution in [2.24, 2.45) is 0 Å². The van der Waals surface area contributed by atoms with Crippen molar-refractivity contribution in [2.75, 3.05) is 5.32 Å². The third-order valence-electron chi connectivity index (χ3n) is 5.19. The molecule has 0 aliphatic rings. The largest absolute Gasteiger partial charge is 0.322 e. The second-order valence-corrected chi connectivity index (χ2v) is 8.76. The number of nitrogens with one attached hydrogen (secondary N) is 1. The zero-order chi connectivity index (χ0) is 23.9. The molecular formula is C23H26BrN9O. The van der Waals surface area contributed by atoms with Crippen molar-refractivity contribution in [2.45, 2.75) is 52.6 Å². The van der Waals surface area contributed by atoms with Crippen LogP contribution in [0.25, 0.3) is 22.8 Å². The Morgan fingerprint density at radius 2 is 1.44 bits per heavy atom. The number of amides is 1. The van der Waals surface area contributed by atoms with Crippen LogP contribution in [0.1, 0.15) is 49.9 Å². The molecule has 0 fully saturated rings. The van der Waals surface area contributed by atoms with Gasteiger partial charge in [-0.1, -0.05) is 42.6 Å². The summed E-state index contributed by atoms with van der Waals surface area (Å²) in [7, 11) is 0. The van der Waals surface area contributed by atoms with E-state index in [1.807, 2.05) is 24.3 Å². The molecule has 34 heavy (non-hydrogen) atoms. The molecule has 10 nitrogen and oxygen atoms in total. The fraction of sp³-hybridized carbons (Fsp3) is 0.348. The van der Waals surface area contributed by atoms with Crippen LogP contribution in [0.3, 0.4) is 0 Å². The number of carbonyl (C=O) groups excluding carboxylic acids is 1. The third-order valence-corrected chi connectivity index (χ3v) is 5.72. The van der Waals surface area contributed by atoms with Gasteiger partial charge in [-0.05, 0) is 65.7 Å². The Balaban J connectivity index is 1.68. The molecule has 0 aliphatic heterocycles. The van der Waals surface area contributed by atoms with Gasteiger partial charge in [-0.15, -0.1) is 20.4 Å². The molecule has 176 valence electrons. The van der Waals surface area contributed by atoms with Crippen LogP contribution in [0, 0.1) is 0 Å². The van der Waals surface area contributed by atoms with E-state index in [4.69, 9.17) is 0 Å². The van der Waals surface area contributed by atoms with Gasteiger partial charge in [0.1, 0.15) is 0 Å². The Morgan fingerprint density at radius 3 is 2.03 bits per heavy atom. The number of anilines is 1. The lowest BCUT2D eigenvalue weighted by Gasteiger charge is -2.08. The van der Waals surface area contributed by atoms with Crippen LogP contribution in [0.5, 0.6) is 0 Å². The Bertz CT molecular complexity index is 1250. The highest BCUT2D eigenvalue weighted by Crippen LogP contribution is 2.29. The normalized spacial score (nSPS) is 11.0. The smallest absolute Gasteiger partial charge is 0.255 e. The van der Waals surface area contributed by atoms with Crippen molar-refractivity contribution in [1.82, 2.24) is 40.4 Å². The molecule has 2 heterocycles. The highest BCUT2D eigenvalue weighted by atomic mass is 79.9. The minimum absolute atomic E-state index is 0.243. The number of aromatic nitrogens is 8. The zero-order valence-corrected chi connectivity index (χ0v) is 20.7. The summed E-state index contributed by atoms with van der Waals surface area (Å²) in [5.74, 6) is 0.623. The summed E-state index contributed by atoms with van der Waals surface area (Å²) < 4.78 is 0.939. The standard InChI is InChI=1S/C23H26BrN9O/c1-3-5-13-32-28-21(26-30-32)19-12-7-16(23(34)25-18-10-8-17(24)9-11-18)15-20(19)22-27-31-33(29-22)14-6-4-2/h7-12,15H,3-6,13-14H2,1-2H3,(H,25,34). The maximum atomic E-state index is 13.0. The first-order valence-corrected chi connectivity index (χ1v) is 12.1. The summed E-state index contributed by atoms with van der Waals surface area (Å²) in [6.45, 7) is 5.59. The van der Waals surface area contributed by atoms with Crippen LogP contribution in [-0.2, 0) is 13.1 Å². The molecule has 0 unspecified atom stereocenters. The average Bonchev–Trinajstić information content (AvgIpc) is 3.52. The number of nitrogens with zero attached hydrogens (tertiary/aromatic N) is 8. The van der Waals surface area contributed by atoms with Crippen LogP contribution < -0.4 is 5.32 Å². The van der Waals surface area contributed by atoms with Crippen LogP contribution in [-0.4, -0.2) is 46.3 Å². The summed E-state index contributed by atoms with van der Waals surface area (Å²) in [6.07, 6.45) is 3.98. The van der Waals surface area contributed by atoms with Crippen LogP contribution >= 0.6 is 15.9 Å². The lowest BCUT2D eigenvalue weighted by molar-refractivity contribution is 0.102. The predicted molar refractivity (Wildman–Crippen MR) is 132 cm³/mol. The van der Waals surface area contributed by atoms with Crippen molar-refractivity contribution in [1.29, 1.82) is 0 Å². The summed E-state index contributed by atoms with van der Waals surface area (Å²) in [4.78, 5) is 16.1. The first-order chi connectivity index (χ1) is 16.6. The second-order valence-electron chi connectivity index (χ2n) is 7.85. The van der Waals surface area contributed by atoms with Gasteiger partial charge >= 0.3 is 0 Å². The topological polar surface area (TPSA) is 116 Å². The van der Waals surface area contributed by atoms with Gasteiger partial charge in [-0.3, -0.25) is 4.79 Å². The number of hydrogen-bond donors (Lipinski definition) is 1. The number of hydrogen-bond acceptors (Lipinski definition) is 7. The van der Waals surface area contributed by atoms with Crippen molar-refractivity contribution in [3.63, 3.8) is 0 Å². The van der Waals surface area contributed by atoms with Crippen molar-refractivity contribution in [3.8, 4) is 22.8 Å². The van der Waals surface area contributed by atoms with Gasteiger partial charge in [0.05, 0.1) is 13.1 Å². The Morgan fingerprint density at radius 1 is 0.853 bits per heavy atom. The highest BCUT2D eigenvalue weighted by molar-refractivity contribution is 9.10. The second kappa shape index (κ2) is 11.1. The molecule has 2 aromatic carbocycles. The van der Waals surface area contributed by atoms with E-state index >= 15 is 0 Å². The van der Waals surface area contributed by atoms with Crippen molar-refractivity contribution in [3.05, 3.63) is 52.5 Å². The molecule has 0 bridgehead atoms. The molecule has 4 rings (SSSR count). The van der Waals surface area contributed by atoms with E-state index in [0.717, 1.165) is 30.2 Å². The minimum atomic E-state index is -0.243. The fourth-order valence-corrected chi connectivity index (χ4v) is 3.56. The Hall–Kier alpha value is -3.47. The monoisotopic (exact) mass is 523 g/mol. The lowest BCUT2D eigenvalue weighted by atomic mass is 10.0. The van der Waals surface area contributed by atoms with Gasteiger partial charge < -0.3 is 5.32 Å². The maximum Gasteiger partial charge on any atom is 0.255 e. The molecule has 1 N–H and O–H groups in total. The van der Waals surface area contributed by atoms with E-state index in [2.05, 4.69) is 65.9 Å². The van der Waals surface area contributed by atoms with E-state index in [1.54, 1.807) is 27.8 Å². The van der Waals surface area contributed by atoms with Crippen molar-refractivity contribution < 1.29 is 4.79 Å². The first kappa shape index (κ1) is 23.7. The number of unbranched alkanes of at least 4 members (excludes halogenated alkanes) is 2. The van der Waals surface area contributed by atoms with E-state index in [0.29, 0.717) is 47.1 Å². The van der Waals surface area contributed by atoms with Gasteiger partial charge in [-0.2, -0.15) is 9.59 Å². The Kier molecular flexibility index (Phi) is 7.73. The molecule has 4 aromatic rings. The number of halogens is 1.